The van der Waals surface area contributed by atoms with Crippen LogP contribution in [0, 0.1) is 12.3 Å². The predicted octanol–water partition coefficient (Wildman–Crippen LogP) is 3.29. The number of aryl methyl sites for hydroxylation is 1. The van der Waals surface area contributed by atoms with E-state index in [1.54, 1.807) is 6.07 Å². The standard InChI is InChI=1S/C18H28N2O2/c1-5-6-9-22-16-11-15(18(16,3)4)20-17(21)14-10-13(19)8-7-12(14)2/h7-8,10,15-16H,5-6,9,11,19H2,1-4H3,(H,20,21). The van der Waals surface area contributed by atoms with Crippen LogP contribution in [0.3, 0.4) is 0 Å². The molecule has 2 atom stereocenters. The number of amides is 1. The van der Waals surface area contributed by atoms with Crippen molar-refractivity contribution in [3.63, 3.8) is 0 Å². The number of hydrogen-bond donors (Lipinski definition) is 2. The molecule has 122 valence electrons. The zero-order valence-electron chi connectivity index (χ0n) is 14.1. The average Bonchev–Trinajstić information content (AvgIpc) is 2.47. The molecule has 1 aromatic carbocycles. The molecule has 4 heteroatoms. The first-order valence-corrected chi connectivity index (χ1v) is 8.14. The fourth-order valence-electron chi connectivity index (χ4n) is 2.90. The molecule has 2 unspecified atom stereocenters. The number of nitrogens with one attached hydrogen (secondary N) is 1. The highest BCUT2D eigenvalue weighted by Crippen LogP contribution is 2.43. The Balaban J connectivity index is 1.94. The summed E-state index contributed by atoms with van der Waals surface area (Å²) in [4.78, 5) is 12.5. The molecule has 0 saturated heterocycles. The summed E-state index contributed by atoms with van der Waals surface area (Å²) in [7, 11) is 0. The Hall–Kier alpha value is -1.55. The van der Waals surface area contributed by atoms with Crippen LogP contribution in [0.2, 0.25) is 0 Å². The van der Waals surface area contributed by atoms with Gasteiger partial charge in [-0.3, -0.25) is 4.79 Å². The largest absolute Gasteiger partial charge is 0.399 e. The third-order valence-electron chi connectivity index (χ3n) is 4.81. The van der Waals surface area contributed by atoms with E-state index in [0.717, 1.165) is 31.4 Å². The second-order valence-corrected chi connectivity index (χ2v) is 6.87. The van der Waals surface area contributed by atoms with Gasteiger partial charge in [0, 0.05) is 29.3 Å². The third-order valence-corrected chi connectivity index (χ3v) is 4.81. The first-order chi connectivity index (χ1) is 10.4. The van der Waals surface area contributed by atoms with Gasteiger partial charge in [-0.1, -0.05) is 33.3 Å². The molecule has 0 aliphatic heterocycles. The van der Waals surface area contributed by atoms with Gasteiger partial charge < -0.3 is 15.8 Å². The summed E-state index contributed by atoms with van der Waals surface area (Å²) < 4.78 is 5.92. The first-order valence-electron chi connectivity index (χ1n) is 8.14. The van der Waals surface area contributed by atoms with E-state index in [1.807, 2.05) is 19.1 Å². The van der Waals surface area contributed by atoms with Crippen LogP contribution in [-0.4, -0.2) is 24.7 Å². The molecule has 4 nitrogen and oxygen atoms in total. The molecular formula is C18H28N2O2. The van der Waals surface area contributed by atoms with Gasteiger partial charge in [0.25, 0.3) is 5.91 Å². The molecule has 2 rings (SSSR count). The number of unbranched alkanes of at least 4 members (excludes halogenated alkanes) is 1. The van der Waals surface area contributed by atoms with E-state index in [0.29, 0.717) is 11.3 Å². The number of ether oxygens (including phenoxy) is 1. The highest BCUT2D eigenvalue weighted by molar-refractivity contribution is 5.96. The van der Waals surface area contributed by atoms with E-state index >= 15 is 0 Å². The number of nitrogens with two attached hydrogens (primary N) is 1. The minimum absolute atomic E-state index is 0.0301. The van der Waals surface area contributed by atoms with Gasteiger partial charge in [-0.2, -0.15) is 0 Å². The highest BCUT2D eigenvalue weighted by Gasteiger charge is 2.49. The van der Waals surface area contributed by atoms with E-state index in [9.17, 15) is 4.79 Å². The lowest BCUT2D eigenvalue weighted by Crippen LogP contribution is -2.62. The molecule has 0 heterocycles. The van der Waals surface area contributed by atoms with Crippen molar-refractivity contribution in [1.82, 2.24) is 5.32 Å². The molecule has 0 spiro atoms. The quantitative estimate of drug-likeness (QED) is 0.626. The van der Waals surface area contributed by atoms with Gasteiger partial charge in [-0.15, -0.1) is 0 Å². The SMILES string of the molecule is CCCCOC1CC(NC(=O)c2cc(N)ccc2C)C1(C)C. The zero-order chi connectivity index (χ0) is 16.3. The maximum Gasteiger partial charge on any atom is 0.251 e. The highest BCUT2D eigenvalue weighted by atomic mass is 16.5. The lowest BCUT2D eigenvalue weighted by molar-refractivity contribution is -0.115. The molecule has 22 heavy (non-hydrogen) atoms. The molecule has 1 fully saturated rings. The summed E-state index contributed by atoms with van der Waals surface area (Å²) in [6.45, 7) is 9.21. The van der Waals surface area contributed by atoms with Crippen LogP contribution in [-0.2, 0) is 4.74 Å². The molecule has 1 saturated carbocycles. The number of carbonyl (C=O) groups is 1. The van der Waals surface area contributed by atoms with Gasteiger partial charge in [0.05, 0.1) is 6.10 Å². The van der Waals surface area contributed by atoms with Crippen molar-refractivity contribution < 1.29 is 9.53 Å². The van der Waals surface area contributed by atoms with Gasteiger partial charge in [-0.25, -0.2) is 0 Å². The third kappa shape index (κ3) is 3.43. The van der Waals surface area contributed by atoms with E-state index in [1.165, 1.54) is 0 Å². The Kier molecular flexibility index (Phi) is 5.12. The molecular weight excluding hydrogens is 276 g/mol. The van der Waals surface area contributed by atoms with Crippen LogP contribution in [0.15, 0.2) is 18.2 Å². The van der Waals surface area contributed by atoms with Crippen LogP contribution in [0.25, 0.3) is 0 Å². The minimum Gasteiger partial charge on any atom is -0.399 e. The van der Waals surface area contributed by atoms with E-state index in [-0.39, 0.29) is 23.5 Å². The molecule has 3 N–H and O–H groups in total. The zero-order valence-corrected chi connectivity index (χ0v) is 14.1. The summed E-state index contributed by atoms with van der Waals surface area (Å²) in [5.41, 5.74) is 7.97. The maximum atomic E-state index is 12.5. The van der Waals surface area contributed by atoms with Crippen LogP contribution >= 0.6 is 0 Å². The Morgan fingerprint density at radius 3 is 2.82 bits per heavy atom. The van der Waals surface area contributed by atoms with E-state index < -0.39 is 0 Å². The van der Waals surface area contributed by atoms with Crippen molar-refractivity contribution in [2.75, 3.05) is 12.3 Å². The molecule has 1 aliphatic carbocycles. The van der Waals surface area contributed by atoms with Gasteiger partial charge >= 0.3 is 0 Å². The van der Waals surface area contributed by atoms with Crippen molar-refractivity contribution >= 4 is 11.6 Å². The maximum absolute atomic E-state index is 12.5. The summed E-state index contributed by atoms with van der Waals surface area (Å²) in [5.74, 6) is -0.0464. The summed E-state index contributed by atoms with van der Waals surface area (Å²) in [5, 5.41) is 3.14. The topological polar surface area (TPSA) is 64.3 Å². The Morgan fingerprint density at radius 1 is 1.45 bits per heavy atom. The van der Waals surface area contributed by atoms with Crippen LogP contribution in [0.5, 0.6) is 0 Å². The second-order valence-electron chi connectivity index (χ2n) is 6.87. The van der Waals surface area contributed by atoms with Crippen LogP contribution < -0.4 is 11.1 Å². The lowest BCUT2D eigenvalue weighted by Gasteiger charge is -2.51. The number of carbonyl (C=O) groups excluding carboxylic acids is 1. The number of nitrogen functional groups attached to an aromatic ring is 1. The van der Waals surface area contributed by atoms with Crippen molar-refractivity contribution in [3.8, 4) is 0 Å². The van der Waals surface area contributed by atoms with Gasteiger partial charge in [0.1, 0.15) is 0 Å². The summed E-state index contributed by atoms with van der Waals surface area (Å²) >= 11 is 0. The van der Waals surface area contributed by atoms with Crippen LogP contribution in [0.4, 0.5) is 5.69 Å². The molecule has 0 radical (unpaired) electrons. The number of hydrogen-bond acceptors (Lipinski definition) is 3. The van der Waals surface area contributed by atoms with Crippen molar-refractivity contribution in [1.29, 1.82) is 0 Å². The van der Waals surface area contributed by atoms with Crippen molar-refractivity contribution in [2.45, 2.75) is 59.1 Å². The van der Waals surface area contributed by atoms with Gasteiger partial charge in [0.2, 0.25) is 0 Å². The van der Waals surface area contributed by atoms with Crippen molar-refractivity contribution in [3.05, 3.63) is 29.3 Å². The summed E-state index contributed by atoms with van der Waals surface area (Å²) in [6.07, 6.45) is 3.34. The minimum atomic E-state index is -0.0464. The first kappa shape index (κ1) is 16.8. The molecule has 0 aromatic heterocycles. The van der Waals surface area contributed by atoms with Crippen LogP contribution in [0.1, 0.15) is 56.0 Å². The molecule has 1 aromatic rings. The normalized spacial score (nSPS) is 22.9. The fourth-order valence-corrected chi connectivity index (χ4v) is 2.90. The molecule has 1 aliphatic rings. The summed E-state index contributed by atoms with van der Waals surface area (Å²) in [6, 6.07) is 5.59. The van der Waals surface area contributed by atoms with Gasteiger partial charge in [0.15, 0.2) is 0 Å². The lowest BCUT2D eigenvalue weighted by atomic mass is 9.64. The average molecular weight is 304 g/mol. The number of rotatable bonds is 6. The fraction of sp³-hybridized carbons (Fsp3) is 0.611. The smallest absolute Gasteiger partial charge is 0.251 e. The predicted molar refractivity (Wildman–Crippen MR) is 89.9 cm³/mol. The Bertz CT molecular complexity index is 540. The van der Waals surface area contributed by atoms with E-state index in [2.05, 4.69) is 26.1 Å². The Labute approximate surface area is 133 Å². The number of benzene rings is 1. The Morgan fingerprint density at radius 2 is 2.18 bits per heavy atom. The molecule has 1 amide bonds. The molecule has 0 bridgehead atoms. The monoisotopic (exact) mass is 304 g/mol. The number of anilines is 1. The van der Waals surface area contributed by atoms with Gasteiger partial charge in [-0.05, 0) is 37.5 Å². The van der Waals surface area contributed by atoms with Crippen molar-refractivity contribution in [2.24, 2.45) is 5.41 Å². The second kappa shape index (κ2) is 6.69. The van der Waals surface area contributed by atoms with E-state index in [4.69, 9.17) is 10.5 Å².